The second kappa shape index (κ2) is 8.20. The number of carbonyl (C=O) groups excluding carboxylic acids is 1. The van der Waals surface area contributed by atoms with Crippen molar-refractivity contribution in [3.63, 3.8) is 0 Å². The lowest BCUT2D eigenvalue weighted by Gasteiger charge is -2.19. The van der Waals surface area contributed by atoms with Gasteiger partial charge in [-0.25, -0.2) is 9.78 Å². The Morgan fingerprint density at radius 2 is 2.00 bits per heavy atom. The molecule has 0 atom stereocenters. The molecule has 3 N–H and O–H groups in total. The Hall–Kier alpha value is -2.32. The number of nitrogens with zero attached hydrogens (tertiary/aromatic N) is 4. The van der Waals surface area contributed by atoms with E-state index in [0.717, 1.165) is 5.82 Å². The van der Waals surface area contributed by atoms with Crippen molar-refractivity contribution < 1.29 is 9.53 Å². The van der Waals surface area contributed by atoms with Crippen molar-refractivity contribution in [1.29, 1.82) is 0 Å². The van der Waals surface area contributed by atoms with Gasteiger partial charge in [0.05, 0.1) is 6.54 Å². The number of ether oxygens (including phenoxy) is 1. The van der Waals surface area contributed by atoms with Crippen molar-refractivity contribution >= 4 is 12.1 Å². The van der Waals surface area contributed by atoms with Crippen LogP contribution in [0.4, 0.5) is 4.79 Å². The summed E-state index contributed by atoms with van der Waals surface area (Å²) in [4.78, 5) is 19.7. The van der Waals surface area contributed by atoms with E-state index in [1.807, 2.05) is 27.8 Å². The number of aromatic nitrogens is 3. The van der Waals surface area contributed by atoms with Gasteiger partial charge in [-0.05, 0) is 20.8 Å². The van der Waals surface area contributed by atoms with Gasteiger partial charge in [0.15, 0.2) is 5.96 Å². The summed E-state index contributed by atoms with van der Waals surface area (Å²) in [5.74, 6) is 1.42. The van der Waals surface area contributed by atoms with Crippen LogP contribution in [0.1, 0.15) is 26.6 Å². The lowest BCUT2D eigenvalue weighted by Crippen LogP contribution is -2.42. The second-order valence-corrected chi connectivity index (χ2v) is 5.58. The molecule has 0 saturated carbocycles. The van der Waals surface area contributed by atoms with Gasteiger partial charge in [-0.1, -0.05) is 0 Å². The topological polar surface area (TPSA) is 105 Å². The summed E-state index contributed by atoms with van der Waals surface area (Å²) in [5.41, 5.74) is -0.495. The lowest BCUT2D eigenvalue weighted by atomic mass is 10.2. The molecule has 9 nitrogen and oxygen atoms in total. The molecule has 0 aliphatic rings. The van der Waals surface area contributed by atoms with Gasteiger partial charge in [0, 0.05) is 27.2 Å². The maximum Gasteiger partial charge on any atom is 0.407 e. The molecule has 0 aromatic carbocycles. The quantitative estimate of drug-likeness (QED) is 0.402. The van der Waals surface area contributed by atoms with E-state index < -0.39 is 11.7 Å². The van der Waals surface area contributed by atoms with E-state index in [0.29, 0.717) is 25.6 Å². The van der Waals surface area contributed by atoms with Crippen molar-refractivity contribution in [2.24, 2.45) is 12.0 Å². The molecule has 0 aliphatic carbocycles. The van der Waals surface area contributed by atoms with Gasteiger partial charge < -0.3 is 20.7 Å². The van der Waals surface area contributed by atoms with E-state index in [1.54, 1.807) is 11.7 Å². The SMILES string of the molecule is CN=C(NCCNC(=O)OC(C)(C)C)NCc1ncnn1C. The number of nitrogens with one attached hydrogen (secondary N) is 3. The Labute approximate surface area is 130 Å². The van der Waals surface area contributed by atoms with Crippen LogP contribution in [0.25, 0.3) is 0 Å². The highest BCUT2D eigenvalue weighted by Gasteiger charge is 2.15. The summed E-state index contributed by atoms with van der Waals surface area (Å²) in [6.45, 7) is 6.93. The average molecular weight is 311 g/mol. The van der Waals surface area contributed by atoms with Gasteiger partial charge in [0.25, 0.3) is 0 Å². The van der Waals surface area contributed by atoms with Gasteiger partial charge in [0.2, 0.25) is 0 Å². The maximum atomic E-state index is 11.5. The monoisotopic (exact) mass is 311 g/mol. The highest BCUT2D eigenvalue weighted by molar-refractivity contribution is 5.79. The van der Waals surface area contributed by atoms with E-state index in [4.69, 9.17) is 4.74 Å². The molecule has 1 heterocycles. The Morgan fingerprint density at radius 1 is 1.32 bits per heavy atom. The minimum atomic E-state index is -0.495. The molecule has 0 radical (unpaired) electrons. The van der Waals surface area contributed by atoms with Crippen LogP contribution in [0.15, 0.2) is 11.3 Å². The molecule has 1 amide bonds. The molecular weight excluding hydrogens is 286 g/mol. The summed E-state index contributed by atoms with van der Waals surface area (Å²) in [6.07, 6.45) is 1.06. The second-order valence-electron chi connectivity index (χ2n) is 5.58. The van der Waals surface area contributed by atoms with E-state index in [9.17, 15) is 4.79 Å². The molecule has 0 bridgehead atoms. The van der Waals surface area contributed by atoms with E-state index in [2.05, 4.69) is 31.0 Å². The number of alkyl carbamates (subject to hydrolysis) is 1. The van der Waals surface area contributed by atoms with E-state index >= 15 is 0 Å². The van der Waals surface area contributed by atoms with Crippen molar-refractivity contribution in [2.45, 2.75) is 32.9 Å². The lowest BCUT2D eigenvalue weighted by molar-refractivity contribution is 0.0529. The molecule has 124 valence electrons. The van der Waals surface area contributed by atoms with Crippen LogP contribution in [0.2, 0.25) is 0 Å². The number of rotatable bonds is 5. The highest BCUT2D eigenvalue weighted by Crippen LogP contribution is 2.05. The normalized spacial score (nSPS) is 12.0. The van der Waals surface area contributed by atoms with Gasteiger partial charge in [0.1, 0.15) is 17.8 Å². The predicted octanol–water partition coefficient (Wildman–Crippen LogP) is 0.00480. The Morgan fingerprint density at radius 3 is 2.55 bits per heavy atom. The molecular formula is C13H25N7O2. The first kappa shape index (κ1) is 17.7. The predicted molar refractivity (Wildman–Crippen MR) is 83.4 cm³/mol. The summed E-state index contributed by atoms with van der Waals surface area (Å²) in [5, 5.41) is 12.8. The summed E-state index contributed by atoms with van der Waals surface area (Å²) >= 11 is 0. The van der Waals surface area contributed by atoms with Gasteiger partial charge in [-0.15, -0.1) is 0 Å². The zero-order valence-corrected chi connectivity index (χ0v) is 13.8. The van der Waals surface area contributed by atoms with Crippen molar-refractivity contribution in [3.8, 4) is 0 Å². The van der Waals surface area contributed by atoms with Crippen LogP contribution in [0.3, 0.4) is 0 Å². The number of amides is 1. The van der Waals surface area contributed by atoms with Crippen LogP contribution in [-0.2, 0) is 18.3 Å². The molecule has 1 aromatic rings. The summed E-state index contributed by atoms with van der Waals surface area (Å²) in [6, 6.07) is 0. The summed E-state index contributed by atoms with van der Waals surface area (Å²) < 4.78 is 6.82. The summed E-state index contributed by atoms with van der Waals surface area (Å²) in [7, 11) is 3.50. The van der Waals surface area contributed by atoms with Crippen LogP contribution < -0.4 is 16.0 Å². The molecule has 1 aromatic heterocycles. The first-order valence-corrected chi connectivity index (χ1v) is 7.06. The Bertz CT molecular complexity index is 505. The van der Waals surface area contributed by atoms with Gasteiger partial charge >= 0.3 is 6.09 Å². The third-order valence-electron chi connectivity index (χ3n) is 2.53. The third-order valence-corrected chi connectivity index (χ3v) is 2.53. The Balaban J connectivity index is 2.22. The first-order valence-electron chi connectivity index (χ1n) is 7.06. The number of guanidine groups is 1. The molecule has 0 aliphatic heterocycles. The van der Waals surface area contributed by atoms with Crippen molar-refractivity contribution in [2.75, 3.05) is 20.1 Å². The van der Waals surface area contributed by atoms with Gasteiger partial charge in [-0.2, -0.15) is 5.10 Å². The minimum absolute atomic E-state index is 0.430. The molecule has 0 spiro atoms. The molecule has 0 fully saturated rings. The Kier molecular flexibility index (Phi) is 6.61. The van der Waals surface area contributed by atoms with Gasteiger partial charge in [-0.3, -0.25) is 9.67 Å². The number of hydrogen-bond acceptors (Lipinski definition) is 5. The standard InChI is InChI=1S/C13H25N7O2/c1-13(2,3)22-12(21)16-7-6-15-11(14-4)17-8-10-18-9-19-20(10)5/h9H,6-8H2,1-5H3,(H,16,21)(H2,14,15,17). The molecule has 1 rings (SSSR count). The van der Waals surface area contributed by atoms with Crippen molar-refractivity contribution in [1.82, 2.24) is 30.7 Å². The van der Waals surface area contributed by atoms with Crippen LogP contribution in [0.5, 0.6) is 0 Å². The van der Waals surface area contributed by atoms with Crippen LogP contribution >= 0.6 is 0 Å². The molecule has 0 saturated heterocycles. The average Bonchev–Trinajstić information content (AvgIpc) is 2.81. The van der Waals surface area contributed by atoms with Crippen molar-refractivity contribution in [3.05, 3.63) is 12.2 Å². The molecule has 0 unspecified atom stereocenters. The fraction of sp³-hybridized carbons (Fsp3) is 0.692. The van der Waals surface area contributed by atoms with Crippen LogP contribution in [-0.4, -0.2) is 52.6 Å². The molecule has 22 heavy (non-hydrogen) atoms. The largest absolute Gasteiger partial charge is 0.444 e. The first-order chi connectivity index (χ1) is 10.3. The maximum absolute atomic E-state index is 11.5. The fourth-order valence-corrected chi connectivity index (χ4v) is 1.52. The zero-order valence-electron chi connectivity index (χ0n) is 13.8. The zero-order chi connectivity index (χ0) is 16.6. The smallest absolute Gasteiger partial charge is 0.407 e. The minimum Gasteiger partial charge on any atom is -0.444 e. The number of carbonyl (C=O) groups is 1. The molecule has 9 heteroatoms. The van der Waals surface area contributed by atoms with E-state index in [-0.39, 0.29) is 0 Å². The van der Waals surface area contributed by atoms with E-state index in [1.165, 1.54) is 6.33 Å². The van der Waals surface area contributed by atoms with Crippen LogP contribution in [0, 0.1) is 0 Å². The highest BCUT2D eigenvalue weighted by atomic mass is 16.6. The number of hydrogen-bond donors (Lipinski definition) is 3. The number of aliphatic imine (C=N–C) groups is 1. The number of aryl methyl sites for hydroxylation is 1. The third kappa shape index (κ3) is 6.91. The fourth-order valence-electron chi connectivity index (χ4n) is 1.52.